The predicted molar refractivity (Wildman–Crippen MR) is 82.3 cm³/mol. The monoisotopic (exact) mass is 369 g/mol. The van der Waals surface area contributed by atoms with Gasteiger partial charge >= 0.3 is 5.97 Å². The van der Waals surface area contributed by atoms with Crippen LogP contribution in [0.2, 0.25) is 0 Å². The number of likely N-dealkylation sites (N-methyl/N-ethyl adjacent to an activating group) is 1. The van der Waals surface area contributed by atoms with Gasteiger partial charge < -0.3 is 35.2 Å². The van der Waals surface area contributed by atoms with E-state index in [1.54, 1.807) is 25.4 Å². The fourth-order valence-corrected chi connectivity index (χ4v) is 3.40. The van der Waals surface area contributed by atoms with Crippen LogP contribution in [-0.4, -0.2) is 79.9 Å². The van der Waals surface area contributed by atoms with Gasteiger partial charge in [0.2, 0.25) is 0 Å². The van der Waals surface area contributed by atoms with Crippen LogP contribution in [0.3, 0.4) is 0 Å². The summed E-state index contributed by atoms with van der Waals surface area (Å²) in [6, 6.07) is 2.94. The molecule has 2 aliphatic rings. The topological polar surface area (TPSA) is 152 Å². The number of likely N-dealkylation sites (tertiary alicyclic amines) is 1. The molecule has 2 aliphatic heterocycles. The van der Waals surface area contributed by atoms with Crippen LogP contribution in [0, 0.1) is 0 Å². The summed E-state index contributed by atoms with van der Waals surface area (Å²) in [4.78, 5) is 24.4. The summed E-state index contributed by atoms with van der Waals surface area (Å²) < 4.78 is 6.66. The third kappa shape index (κ3) is 3.06. The molecule has 1 aromatic heterocycles. The lowest BCUT2D eigenvalue weighted by atomic mass is 9.97. The molecule has 3 rings (SSSR count). The van der Waals surface area contributed by atoms with Crippen molar-refractivity contribution in [2.24, 2.45) is 0 Å². The third-order valence-electron chi connectivity index (χ3n) is 4.90. The van der Waals surface area contributed by atoms with Crippen LogP contribution in [0.25, 0.3) is 0 Å². The minimum Gasteiger partial charge on any atom is -0.479 e. The number of aliphatic hydroxyl groups excluding tert-OH is 4. The van der Waals surface area contributed by atoms with Crippen molar-refractivity contribution in [2.45, 2.75) is 49.2 Å². The van der Waals surface area contributed by atoms with E-state index in [0.29, 0.717) is 5.56 Å². The first-order chi connectivity index (χ1) is 12.2. The van der Waals surface area contributed by atoms with E-state index < -0.39 is 54.7 Å². The number of aliphatic hydroxyl groups is 4. The number of nitrogens with zero attached hydrogens (tertiary/aromatic N) is 2. The molecule has 0 unspecified atom stereocenters. The Kier molecular flexibility index (Phi) is 4.95. The Hall–Kier alpha value is -2.11. The fourth-order valence-electron chi connectivity index (χ4n) is 3.40. The van der Waals surface area contributed by atoms with E-state index in [-0.39, 0.29) is 6.42 Å². The van der Waals surface area contributed by atoms with E-state index in [1.165, 1.54) is 15.7 Å². The number of carbonyl (C=O) groups is 2. The number of hydrogen-bond acceptors (Lipinski definition) is 7. The van der Waals surface area contributed by atoms with Crippen LogP contribution >= 0.6 is 0 Å². The van der Waals surface area contributed by atoms with Crippen molar-refractivity contribution < 1.29 is 44.4 Å². The Morgan fingerprint density at radius 1 is 1.23 bits per heavy atom. The summed E-state index contributed by atoms with van der Waals surface area (Å²) in [5, 5.41) is 48.8. The van der Waals surface area contributed by atoms with Crippen LogP contribution in [0.4, 0.5) is 0 Å². The van der Waals surface area contributed by atoms with Crippen molar-refractivity contribution in [3.63, 3.8) is 0 Å². The summed E-state index contributed by atoms with van der Waals surface area (Å²) in [7, 11) is 1.56. The van der Waals surface area contributed by atoms with Crippen LogP contribution < -0.4 is 4.57 Å². The van der Waals surface area contributed by atoms with Gasteiger partial charge in [-0.1, -0.05) is 0 Å². The number of aromatic nitrogens is 1. The maximum Gasteiger partial charge on any atom is 0.335 e. The highest BCUT2D eigenvalue weighted by Gasteiger charge is 2.51. The molecular weight excluding hydrogens is 348 g/mol. The number of hydrogen-bond donors (Lipinski definition) is 5. The Morgan fingerprint density at radius 3 is 2.50 bits per heavy atom. The van der Waals surface area contributed by atoms with Crippen molar-refractivity contribution in [3.8, 4) is 0 Å². The van der Waals surface area contributed by atoms with Crippen molar-refractivity contribution in [1.82, 2.24) is 4.90 Å². The quantitative estimate of drug-likeness (QED) is 0.361. The average Bonchev–Trinajstić information content (AvgIpc) is 2.87. The van der Waals surface area contributed by atoms with Gasteiger partial charge in [-0.3, -0.25) is 4.79 Å². The van der Waals surface area contributed by atoms with E-state index >= 15 is 0 Å². The SMILES string of the molecule is CN1C(=O)[C@H](O)C[C@H]1c1ccc[n+]([C@H]2O[C@@H](C(=O)O)[C@H](O)[C@@H](O)[C@@H]2O)c1. The first-order valence-corrected chi connectivity index (χ1v) is 8.10. The van der Waals surface area contributed by atoms with Gasteiger partial charge in [-0.2, -0.15) is 4.57 Å². The molecule has 3 heterocycles. The molecule has 0 aromatic carbocycles. The third-order valence-corrected chi connectivity index (χ3v) is 4.90. The number of carboxylic acids is 1. The van der Waals surface area contributed by atoms with E-state index in [4.69, 9.17) is 9.84 Å². The second kappa shape index (κ2) is 6.89. The molecule has 0 saturated carbocycles. The van der Waals surface area contributed by atoms with E-state index in [2.05, 4.69) is 0 Å². The molecule has 0 spiro atoms. The Morgan fingerprint density at radius 2 is 1.92 bits per heavy atom. The van der Waals surface area contributed by atoms with Crippen molar-refractivity contribution in [2.75, 3.05) is 7.05 Å². The molecule has 142 valence electrons. The number of aliphatic carboxylic acids is 1. The molecule has 5 N–H and O–H groups in total. The summed E-state index contributed by atoms with van der Waals surface area (Å²) in [5.41, 5.74) is 0.642. The van der Waals surface area contributed by atoms with Gasteiger partial charge in [0.05, 0.1) is 6.04 Å². The molecule has 7 atom stereocenters. The smallest absolute Gasteiger partial charge is 0.335 e. The maximum absolute atomic E-state index is 11.8. The summed E-state index contributed by atoms with van der Waals surface area (Å²) in [6.07, 6.45) is -5.82. The molecular formula is C16H21N2O8+. The first-order valence-electron chi connectivity index (χ1n) is 8.10. The lowest BCUT2D eigenvalue weighted by Gasteiger charge is -2.35. The number of pyridine rings is 1. The Balaban J connectivity index is 1.90. The highest BCUT2D eigenvalue weighted by molar-refractivity contribution is 5.83. The van der Waals surface area contributed by atoms with E-state index in [9.17, 15) is 30.0 Å². The normalized spacial score (nSPS) is 37.8. The van der Waals surface area contributed by atoms with E-state index in [1.807, 2.05) is 0 Å². The molecule has 1 aromatic rings. The Bertz CT molecular complexity index is 713. The molecule has 10 heteroatoms. The Labute approximate surface area is 148 Å². The zero-order chi connectivity index (χ0) is 19.2. The summed E-state index contributed by atoms with van der Waals surface area (Å²) >= 11 is 0. The van der Waals surface area contributed by atoms with Gasteiger partial charge in [0, 0.05) is 25.1 Å². The predicted octanol–water partition coefficient (Wildman–Crippen LogP) is -2.70. The highest BCUT2D eigenvalue weighted by atomic mass is 16.6. The highest BCUT2D eigenvalue weighted by Crippen LogP contribution is 2.31. The van der Waals surface area contributed by atoms with Gasteiger partial charge in [-0.25, -0.2) is 4.79 Å². The fraction of sp³-hybridized carbons (Fsp3) is 0.562. The lowest BCUT2D eigenvalue weighted by molar-refractivity contribution is -0.777. The van der Waals surface area contributed by atoms with Crippen molar-refractivity contribution in [3.05, 3.63) is 30.1 Å². The number of carbonyl (C=O) groups excluding carboxylic acids is 1. The zero-order valence-electron chi connectivity index (χ0n) is 13.9. The standard InChI is InChI=1S/C16H20N2O8/c1-17-8(5-9(19)14(17)23)7-3-2-4-18(6-7)15-12(22)10(20)11(21)13(26-15)16(24)25/h2-4,6,8-13,15,19-22H,5H2,1H3/p+1/t8-,9+,10+,11+,12-,13+,15-/m0/s1. The number of amides is 1. The maximum atomic E-state index is 11.8. The second-order valence-corrected chi connectivity index (χ2v) is 6.56. The zero-order valence-corrected chi connectivity index (χ0v) is 13.9. The molecule has 0 aliphatic carbocycles. The summed E-state index contributed by atoms with van der Waals surface area (Å²) in [6.45, 7) is 0. The van der Waals surface area contributed by atoms with Crippen LogP contribution in [-0.2, 0) is 14.3 Å². The van der Waals surface area contributed by atoms with Gasteiger partial charge in [0.15, 0.2) is 24.6 Å². The lowest BCUT2D eigenvalue weighted by Crippen LogP contribution is -2.63. The van der Waals surface area contributed by atoms with E-state index in [0.717, 1.165) is 0 Å². The largest absolute Gasteiger partial charge is 0.479 e. The van der Waals surface area contributed by atoms with Crippen LogP contribution in [0.5, 0.6) is 0 Å². The van der Waals surface area contributed by atoms with Crippen LogP contribution in [0.1, 0.15) is 24.3 Å². The minimum absolute atomic E-state index is 0.201. The second-order valence-electron chi connectivity index (χ2n) is 6.56. The number of ether oxygens (including phenoxy) is 1. The molecule has 0 radical (unpaired) electrons. The molecule has 26 heavy (non-hydrogen) atoms. The average molecular weight is 369 g/mol. The molecule has 2 fully saturated rings. The molecule has 1 amide bonds. The number of carboxylic acid groups (broad SMARTS) is 1. The molecule has 2 saturated heterocycles. The van der Waals surface area contributed by atoms with Gasteiger partial charge in [-0.15, -0.1) is 0 Å². The summed E-state index contributed by atoms with van der Waals surface area (Å²) in [5.74, 6) is -1.86. The van der Waals surface area contributed by atoms with Crippen molar-refractivity contribution >= 4 is 11.9 Å². The molecule has 0 bridgehead atoms. The minimum atomic E-state index is -1.77. The molecule has 10 nitrogen and oxygen atoms in total. The number of rotatable bonds is 3. The van der Waals surface area contributed by atoms with Crippen molar-refractivity contribution in [1.29, 1.82) is 0 Å². The van der Waals surface area contributed by atoms with Gasteiger partial charge in [0.1, 0.15) is 18.3 Å². The van der Waals surface area contributed by atoms with Gasteiger partial charge in [-0.05, 0) is 6.07 Å². The van der Waals surface area contributed by atoms with Gasteiger partial charge in [0.25, 0.3) is 12.1 Å². The first kappa shape index (κ1) is 18.7. The van der Waals surface area contributed by atoms with Crippen LogP contribution in [0.15, 0.2) is 24.5 Å².